The van der Waals surface area contributed by atoms with Gasteiger partial charge in [0.2, 0.25) is 0 Å². The van der Waals surface area contributed by atoms with Gasteiger partial charge in [-0.05, 0) is 62.2 Å². The molecule has 2 amide bonds. The van der Waals surface area contributed by atoms with E-state index in [2.05, 4.69) is 49.9 Å². The van der Waals surface area contributed by atoms with Crippen LogP contribution in [-0.2, 0) is 0 Å². The summed E-state index contributed by atoms with van der Waals surface area (Å²) < 4.78 is 0. The van der Waals surface area contributed by atoms with E-state index in [0.29, 0.717) is 11.3 Å². The third kappa shape index (κ3) is 3.39. The third-order valence-electron chi connectivity index (χ3n) is 6.34. The van der Waals surface area contributed by atoms with Crippen LogP contribution in [0.4, 0.5) is 21.9 Å². The highest BCUT2D eigenvalue weighted by molar-refractivity contribution is 6.08. The van der Waals surface area contributed by atoms with E-state index >= 15 is 0 Å². The van der Waals surface area contributed by atoms with Crippen molar-refractivity contribution in [2.75, 3.05) is 9.80 Å². The molecule has 0 saturated carbocycles. The summed E-state index contributed by atoms with van der Waals surface area (Å²) in [5.74, 6) is 0. The maximum Gasteiger partial charge on any atom is 0.330 e. The molecule has 32 heavy (non-hydrogen) atoms. The largest absolute Gasteiger partial charge is 0.330 e. The molecule has 0 aromatic heterocycles. The van der Waals surface area contributed by atoms with E-state index in [1.54, 1.807) is 24.3 Å². The summed E-state index contributed by atoms with van der Waals surface area (Å²) in [6.07, 6.45) is 0.730. The molecule has 1 aliphatic heterocycles. The summed E-state index contributed by atoms with van der Waals surface area (Å²) in [6, 6.07) is 24.4. The van der Waals surface area contributed by atoms with Crippen molar-refractivity contribution in [2.24, 2.45) is 0 Å². The number of anilines is 2. The first-order chi connectivity index (χ1) is 15.4. The fourth-order valence-corrected chi connectivity index (χ4v) is 4.57. The van der Waals surface area contributed by atoms with Gasteiger partial charge < -0.3 is 0 Å². The number of nitriles is 1. The summed E-state index contributed by atoms with van der Waals surface area (Å²) in [4.78, 5) is 21.2. The van der Waals surface area contributed by atoms with E-state index in [4.69, 9.17) is 6.57 Å². The van der Waals surface area contributed by atoms with Crippen LogP contribution >= 0.6 is 0 Å². The van der Waals surface area contributed by atoms with E-state index < -0.39 is 5.54 Å². The molecule has 2 atom stereocenters. The van der Waals surface area contributed by atoms with Crippen LogP contribution in [0, 0.1) is 24.8 Å². The lowest BCUT2D eigenvalue weighted by Gasteiger charge is -2.38. The van der Waals surface area contributed by atoms with Crippen molar-refractivity contribution in [3.63, 3.8) is 0 Å². The van der Waals surface area contributed by atoms with Gasteiger partial charge in [-0.1, -0.05) is 48.9 Å². The zero-order valence-electron chi connectivity index (χ0n) is 18.4. The molecule has 1 heterocycles. The monoisotopic (exact) mass is 420 g/mol. The highest BCUT2D eigenvalue weighted by atomic mass is 16.2. The van der Waals surface area contributed by atoms with Crippen molar-refractivity contribution < 1.29 is 4.79 Å². The van der Waals surface area contributed by atoms with Crippen LogP contribution in [0.5, 0.6) is 0 Å². The molecule has 1 aliphatic rings. The van der Waals surface area contributed by atoms with Crippen LogP contribution < -0.4 is 9.80 Å². The van der Waals surface area contributed by atoms with E-state index in [1.165, 1.54) is 0 Å². The highest BCUT2D eigenvalue weighted by Crippen LogP contribution is 2.49. The normalized spacial score (nSPS) is 20.2. The molecule has 4 rings (SSSR count). The van der Waals surface area contributed by atoms with Crippen LogP contribution in [0.15, 0.2) is 72.8 Å². The second-order valence-electron chi connectivity index (χ2n) is 8.30. The third-order valence-corrected chi connectivity index (χ3v) is 6.34. The van der Waals surface area contributed by atoms with Crippen LogP contribution in [0.25, 0.3) is 4.85 Å². The summed E-state index contributed by atoms with van der Waals surface area (Å²) in [5.41, 5.74) is 4.27. The topological polar surface area (TPSA) is 51.7 Å². The summed E-state index contributed by atoms with van der Waals surface area (Å²) in [7, 11) is 0. The Morgan fingerprint density at radius 2 is 1.72 bits per heavy atom. The zero-order valence-corrected chi connectivity index (χ0v) is 18.4. The number of rotatable bonds is 4. The Kier molecular flexibility index (Phi) is 5.43. The Morgan fingerprint density at radius 3 is 2.28 bits per heavy atom. The zero-order chi connectivity index (χ0) is 22.9. The molecular formula is C27H24N4O. The molecule has 1 fully saturated rings. The van der Waals surface area contributed by atoms with Crippen molar-refractivity contribution >= 4 is 23.1 Å². The molecule has 0 spiro atoms. The van der Waals surface area contributed by atoms with Gasteiger partial charge >= 0.3 is 6.03 Å². The number of amides is 2. The van der Waals surface area contributed by atoms with Gasteiger partial charge in [0.05, 0.1) is 29.8 Å². The number of hydrogen-bond acceptors (Lipinski definition) is 2. The fraction of sp³-hybridized carbons (Fsp3) is 0.222. The van der Waals surface area contributed by atoms with E-state index in [0.717, 1.165) is 28.9 Å². The van der Waals surface area contributed by atoms with Gasteiger partial charge in [0, 0.05) is 11.4 Å². The quantitative estimate of drug-likeness (QED) is 0.437. The smallest absolute Gasteiger partial charge is 0.286 e. The van der Waals surface area contributed by atoms with Gasteiger partial charge in [0.1, 0.15) is 0 Å². The molecular weight excluding hydrogens is 396 g/mol. The van der Waals surface area contributed by atoms with Crippen LogP contribution in [-0.4, -0.2) is 11.6 Å². The molecule has 5 heteroatoms. The molecule has 0 bridgehead atoms. The number of hydrogen-bond donors (Lipinski definition) is 0. The Morgan fingerprint density at radius 1 is 1.06 bits per heavy atom. The number of benzene rings is 3. The van der Waals surface area contributed by atoms with Crippen LogP contribution in [0.3, 0.4) is 0 Å². The number of carbonyl (C=O) groups excluding carboxylic acids is 1. The fourth-order valence-electron chi connectivity index (χ4n) is 4.57. The number of nitrogens with zero attached hydrogens (tertiary/aromatic N) is 4. The van der Waals surface area contributed by atoms with Gasteiger partial charge in [0.25, 0.3) is 0 Å². The summed E-state index contributed by atoms with van der Waals surface area (Å²) in [5, 5.41) is 9.19. The van der Waals surface area contributed by atoms with Gasteiger partial charge in [-0.3, -0.25) is 9.80 Å². The lowest BCUT2D eigenvalue weighted by Crippen LogP contribution is -2.45. The second kappa shape index (κ2) is 8.21. The molecule has 0 aliphatic carbocycles. The Balaban J connectivity index is 1.92. The Bertz CT molecular complexity index is 1230. The first-order valence-electron chi connectivity index (χ1n) is 10.6. The minimum Gasteiger partial charge on any atom is -0.286 e. The first-order valence-corrected chi connectivity index (χ1v) is 10.6. The van der Waals surface area contributed by atoms with Crippen LogP contribution in [0.1, 0.15) is 43.0 Å². The maximum absolute atomic E-state index is 14.0. The predicted octanol–water partition coefficient (Wildman–Crippen LogP) is 6.77. The predicted molar refractivity (Wildman–Crippen MR) is 127 cm³/mol. The molecule has 0 N–H and O–H groups in total. The molecule has 3 aromatic rings. The van der Waals surface area contributed by atoms with Gasteiger partial charge in [-0.15, -0.1) is 0 Å². The average molecular weight is 421 g/mol. The minimum atomic E-state index is -0.530. The Labute approximate surface area is 189 Å². The Hall–Kier alpha value is -4.09. The van der Waals surface area contributed by atoms with Gasteiger partial charge in [-0.25, -0.2) is 9.64 Å². The molecule has 1 unspecified atom stereocenters. The van der Waals surface area contributed by atoms with Crippen molar-refractivity contribution in [1.29, 1.82) is 5.26 Å². The number of carbonyl (C=O) groups is 1. The molecule has 5 nitrogen and oxygen atoms in total. The number of urea groups is 1. The molecule has 1 saturated heterocycles. The van der Waals surface area contributed by atoms with Crippen molar-refractivity contribution in [3.05, 3.63) is 101 Å². The molecule has 158 valence electrons. The van der Waals surface area contributed by atoms with E-state index in [9.17, 15) is 10.1 Å². The summed E-state index contributed by atoms with van der Waals surface area (Å²) in [6.45, 7) is 13.5. The highest BCUT2D eigenvalue weighted by Gasteiger charge is 2.55. The van der Waals surface area contributed by atoms with E-state index in [1.807, 2.05) is 40.1 Å². The van der Waals surface area contributed by atoms with Crippen LogP contribution in [0.2, 0.25) is 0 Å². The van der Waals surface area contributed by atoms with E-state index in [-0.39, 0.29) is 12.1 Å². The molecule has 0 radical (unpaired) electrons. The van der Waals surface area contributed by atoms with Crippen molar-refractivity contribution in [1.82, 2.24) is 0 Å². The van der Waals surface area contributed by atoms with Gasteiger partial charge in [-0.2, -0.15) is 5.26 Å². The lowest BCUT2D eigenvalue weighted by molar-refractivity contribution is 0.254. The van der Waals surface area contributed by atoms with Crippen molar-refractivity contribution in [3.8, 4) is 6.07 Å². The van der Waals surface area contributed by atoms with Crippen molar-refractivity contribution in [2.45, 2.75) is 38.8 Å². The SMILES string of the molecule is [C-]#[N+]c1ccc(N2C(=O)N(c3ccc(C#N)cc3)[C@@](C)(CC)C2c2cccc(C)c2)cc1. The minimum absolute atomic E-state index is 0.124. The number of aryl methyl sites for hydroxylation is 1. The lowest BCUT2D eigenvalue weighted by atomic mass is 9.83. The average Bonchev–Trinajstić information content (AvgIpc) is 3.06. The first kappa shape index (κ1) is 21.2. The standard InChI is InChI=1S/C27H24N4O/c1-5-27(3)25(21-8-6-7-19(2)17-21)30(23-15-11-22(29-4)12-16-23)26(32)31(27)24-13-9-20(18-28)10-14-24/h6-17,25H,5H2,1-3H3/t25?,27-/m0/s1. The van der Waals surface area contributed by atoms with Gasteiger partial charge in [0.15, 0.2) is 5.69 Å². The summed E-state index contributed by atoms with van der Waals surface area (Å²) >= 11 is 0. The maximum atomic E-state index is 14.0. The second-order valence-corrected chi connectivity index (χ2v) is 8.30. The molecule has 3 aromatic carbocycles.